The molecule has 0 spiro atoms. The van der Waals surface area contributed by atoms with Crippen LogP contribution in [0.2, 0.25) is 0 Å². The number of benzene rings is 1. The third-order valence-electron chi connectivity index (χ3n) is 5.56. The van der Waals surface area contributed by atoms with E-state index in [9.17, 15) is 13.2 Å². The van der Waals surface area contributed by atoms with Crippen LogP contribution < -0.4 is 11.1 Å². The number of fused-ring (bicyclic) bond motifs is 1. The summed E-state index contributed by atoms with van der Waals surface area (Å²) in [6.45, 7) is 1.90. The smallest absolute Gasteiger partial charge is 0.383 e. The van der Waals surface area contributed by atoms with Crippen molar-refractivity contribution in [2.24, 2.45) is 0 Å². The van der Waals surface area contributed by atoms with Crippen molar-refractivity contribution in [1.82, 2.24) is 24.8 Å². The Morgan fingerprint density at radius 1 is 1.03 bits per heavy atom. The number of alkyl halides is 3. The average molecular weight is 424 g/mol. The number of imidazole rings is 1. The van der Waals surface area contributed by atoms with Gasteiger partial charge in [-0.15, -0.1) is 0 Å². The van der Waals surface area contributed by atoms with Crippen molar-refractivity contribution < 1.29 is 13.2 Å². The Balaban J connectivity index is 1.72. The lowest BCUT2D eigenvalue weighted by atomic mass is 9.98. The van der Waals surface area contributed by atoms with Gasteiger partial charge in [-0.3, -0.25) is 4.57 Å². The second-order valence-electron chi connectivity index (χ2n) is 7.53. The predicted molar refractivity (Wildman–Crippen MR) is 112 cm³/mol. The minimum Gasteiger partial charge on any atom is -0.383 e. The van der Waals surface area contributed by atoms with E-state index in [0.29, 0.717) is 28.5 Å². The van der Waals surface area contributed by atoms with E-state index in [-0.39, 0.29) is 11.5 Å². The Hall–Kier alpha value is -3.46. The summed E-state index contributed by atoms with van der Waals surface area (Å²) in [5.74, 6) is 1.06. The van der Waals surface area contributed by atoms with E-state index in [2.05, 4.69) is 20.3 Å². The average Bonchev–Trinajstić information content (AvgIpc) is 3.41. The maximum absolute atomic E-state index is 13.3. The van der Waals surface area contributed by atoms with Crippen LogP contribution in [0.15, 0.2) is 54.7 Å². The van der Waals surface area contributed by atoms with Crippen LogP contribution in [-0.2, 0) is 6.18 Å². The van der Waals surface area contributed by atoms with Gasteiger partial charge >= 0.3 is 6.18 Å². The fourth-order valence-corrected chi connectivity index (χ4v) is 3.98. The second-order valence-corrected chi connectivity index (χ2v) is 7.53. The summed E-state index contributed by atoms with van der Waals surface area (Å²) < 4.78 is 41.6. The van der Waals surface area contributed by atoms with E-state index in [1.165, 1.54) is 11.6 Å². The summed E-state index contributed by atoms with van der Waals surface area (Å²) in [7, 11) is 0. The molecule has 31 heavy (non-hydrogen) atoms. The van der Waals surface area contributed by atoms with Gasteiger partial charge in [-0.1, -0.05) is 12.1 Å². The summed E-state index contributed by atoms with van der Waals surface area (Å²) in [4.78, 5) is 12.5. The van der Waals surface area contributed by atoms with Gasteiger partial charge in [-0.2, -0.15) is 13.2 Å². The number of nitrogen functional groups attached to an aromatic ring is 1. The van der Waals surface area contributed by atoms with Gasteiger partial charge < -0.3 is 11.1 Å². The molecule has 1 fully saturated rings. The summed E-state index contributed by atoms with van der Waals surface area (Å²) >= 11 is 0. The highest BCUT2D eigenvalue weighted by atomic mass is 19.4. The Morgan fingerprint density at radius 3 is 2.52 bits per heavy atom. The number of halogens is 3. The molecule has 1 aromatic carbocycles. The van der Waals surface area contributed by atoms with Crippen molar-refractivity contribution in [2.75, 3.05) is 18.8 Å². The van der Waals surface area contributed by atoms with Crippen LogP contribution in [0.3, 0.4) is 0 Å². The maximum Gasteiger partial charge on any atom is 0.433 e. The van der Waals surface area contributed by atoms with Gasteiger partial charge in [0.2, 0.25) is 0 Å². The number of nitrogens with one attached hydrogen (secondary N) is 1. The number of nitrogens with zero attached hydrogens (tertiary/aromatic N) is 4. The molecule has 0 aliphatic carbocycles. The zero-order valence-corrected chi connectivity index (χ0v) is 16.4. The van der Waals surface area contributed by atoms with Crippen LogP contribution in [-0.4, -0.2) is 32.6 Å². The van der Waals surface area contributed by atoms with Gasteiger partial charge in [0, 0.05) is 18.4 Å². The zero-order valence-electron chi connectivity index (χ0n) is 16.4. The number of pyridine rings is 2. The SMILES string of the molecule is Nc1ncccc1-c1nc2ccc(C(F)(F)F)nc2n1-c1ccc([C@H]2CCNC2)cc1. The summed E-state index contributed by atoms with van der Waals surface area (Å²) in [5.41, 5.74) is 7.91. The molecule has 3 aromatic heterocycles. The largest absolute Gasteiger partial charge is 0.433 e. The first-order valence-corrected chi connectivity index (χ1v) is 9.90. The molecular weight excluding hydrogens is 405 g/mol. The number of hydrogen-bond acceptors (Lipinski definition) is 5. The summed E-state index contributed by atoms with van der Waals surface area (Å²) in [6, 6.07) is 13.5. The van der Waals surface area contributed by atoms with Crippen LogP contribution in [0.25, 0.3) is 28.2 Å². The van der Waals surface area contributed by atoms with E-state index in [4.69, 9.17) is 5.73 Å². The fourth-order valence-electron chi connectivity index (χ4n) is 3.98. The van der Waals surface area contributed by atoms with Crippen LogP contribution in [0.5, 0.6) is 0 Å². The highest BCUT2D eigenvalue weighted by Gasteiger charge is 2.33. The third kappa shape index (κ3) is 3.50. The van der Waals surface area contributed by atoms with Crippen LogP contribution in [0.1, 0.15) is 23.6 Å². The lowest BCUT2D eigenvalue weighted by Gasteiger charge is -2.13. The van der Waals surface area contributed by atoms with Crippen molar-refractivity contribution in [3.8, 4) is 17.1 Å². The first kappa shape index (κ1) is 19.5. The van der Waals surface area contributed by atoms with Crippen LogP contribution in [0, 0.1) is 0 Å². The molecule has 9 heteroatoms. The molecule has 6 nitrogen and oxygen atoms in total. The van der Waals surface area contributed by atoms with Crippen molar-refractivity contribution in [3.05, 3.63) is 66.0 Å². The molecule has 5 rings (SSSR count). The Morgan fingerprint density at radius 2 is 1.84 bits per heavy atom. The van der Waals surface area contributed by atoms with Crippen LogP contribution >= 0.6 is 0 Å². The highest BCUT2D eigenvalue weighted by molar-refractivity contribution is 5.82. The normalized spacial score (nSPS) is 16.8. The van der Waals surface area contributed by atoms with Gasteiger partial charge in [-0.25, -0.2) is 15.0 Å². The molecule has 3 N–H and O–H groups in total. The number of anilines is 1. The maximum atomic E-state index is 13.3. The predicted octanol–water partition coefficient (Wildman–Crippen LogP) is 4.16. The molecule has 0 bridgehead atoms. The van der Waals surface area contributed by atoms with E-state index < -0.39 is 11.9 Å². The quantitative estimate of drug-likeness (QED) is 0.516. The minimum atomic E-state index is -4.56. The topological polar surface area (TPSA) is 81.7 Å². The molecule has 0 amide bonds. The van der Waals surface area contributed by atoms with Crippen molar-refractivity contribution in [1.29, 1.82) is 0 Å². The molecule has 1 aliphatic heterocycles. The molecule has 1 aliphatic rings. The monoisotopic (exact) mass is 424 g/mol. The summed E-state index contributed by atoms with van der Waals surface area (Å²) in [6.07, 6.45) is -1.95. The second kappa shape index (κ2) is 7.35. The van der Waals surface area contributed by atoms with E-state index in [0.717, 1.165) is 25.6 Å². The Bertz CT molecular complexity index is 1240. The number of aromatic nitrogens is 4. The molecule has 4 aromatic rings. The lowest BCUT2D eigenvalue weighted by Crippen LogP contribution is -2.09. The minimum absolute atomic E-state index is 0.114. The van der Waals surface area contributed by atoms with Gasteiger partial charge in [0.05, 0.1) is 5.56 Å². The molecular formula is C22H19F3N6. The van der Waals surface area contributed by atoms with E-state index >= 15 is 0 Å². The first-order valence-electron chi connectivity index (χ1n) is 9.90. The Labute approximate surface area is 176 Å². The number of hydrogen-bond donors (Lipinski definition) is 2. The van der Waals surface area contributed by atoms with Crippen molar-refractivity contribution in [3.63, 3.8) is 0 Å². The molecule has 4 heterocycles. The molecule has 0 saturated carbocycles. The first-order chi connectivity index (χ1) is 14.9. The lowest BCUT2D eigenvalue weighted by molar-refractivity contribution is -0.141. The van der Waals surface area contributed by atoms with E-state index in [1.807, 2.05) is 24.3 Å². The molecule has 1 atom stereocenters. The van der Waals surface area contributed by atoms with Crippen LogP contribution in [0.4, 0.5) is 19.0 Å². The number of rotatable bonds is 3. The molecule has 0 radical (unpaired) electrons. The standard InChI is InChI=1S/C22H19F3N6/c23-22(24,25)18-8-7-17-21(30-18)31(20(29-17)16-2-1-10-28-19(16)26)15-5-3-13(4-6-15)14-9-11-27-12-14/h1-8,10,14,27H,9,11-12H2,(H2,26,28)/t14-/m0/s1. The zero-order chi connectivity index (χ0) is 21.6. The van der Waals surface area contributed by atoms with Crippen molar-refractivity contribution >= 4 is 17.0 Å². The van der Waals surface area contributed by atoms with Crippen molar-refractivity contribution in [2.45, 2.75) is 18.5 Å². The molecule has 0 unspecified atom stereocenters. The number of nitrogens with two attached hydrogens (primary N) is 1. The summed E-state index contributed by atoms with van der Waals surface area (Å²) in [5, 5.41) is 3.34. The van der Waals surface area contributed by atoms with Gasteiger partial charge in [0.15, 0.2) is 11.5 Å². The van der Waals surface area contributed by atoms with Gasteiger partial charge in [-0.05, 0) is 60.8 Å². The highest BCUT2D eigenvalue weighted by Crippen LogP contribution is 2.34. The fraction of sp³-hybridized carbons (Fsp3) is 0.227. The molecule has 1 saturated heterocycles. The Kier molecular flexibility index (Phi) is 4.62. The molecule has 158 valence electrons. The van der Waals surface area contributed by atoms with Gasteiger partial charge in [0.25, 0.3) is 0 Å². The third-order valence-corrected chi connectivity index (χ3v) is 5.56. The van der Waals surface area contributed by atoms with E-state index in [1.54, 1.807) is 22.9 Å². The van der Waals surface area contributed by atoms with Gasteiger partial charge in [0.1, 0.15) is 17.0 Å².